The molecular formula is C7H17N3. The third kappa shape index (κ3) is 2.64. The Morgan fingerprint density at radius 2 is 2.60 bits per heavy atom. The lowest BCUT2D eigenvalue weighted by atomic mass is 10.2. The molecule has 1 aliphatic rings. The summed E-state index contributed by atoms with van der Waals surface area (Å²) in [6, 6.07) is 0.708. The fraction of sp³-hybridized carbons (Fsp3) is 0.857. The normalized spacial score (nSPS) is 25.5. The van der Waals surface area contributed by atoms with Gasteiger partial charge in [0.2, 0.25) is 0 Å². The average molecular weight is 143 g/mol. The minimum atomic E-state index is 0.708. The molecule has 0 aromatic heterocycles. The largest absolute Gasteiger partial charge is 0.478 e. The Hall–Kier alpha value is -0.120. The molecular weight excluding hydrogens is 126 g/mol. The first kappa shape index (κ1) is 7.98. The van der Waals surface area contributed by atoms with Crippen LogP contribution < -0.4 is 16.0 Å². The SMILES string of the molecule is [CH2-][NH2+]CCN[C@@H]1CCNC1. The first-order valence-corrected chi connectivity index (χ1v) is 3.98. The summed E-state index contributed by atoms with van der Waals surface area (Å²) in [5.74, 6) is 0. The summed E-state index contributed by atoms with van der Waals surface area (Å²) in [4.78, 5) is 0. The second-order valence-electron chi connectivity index (χ2n) is 2.72. The molecule has 0 amide bonds. The third-order valence-electron chi connectivity index (χ3n) is 1.84. The highest BCUT2D eigenvalue weighted by atomic mass is 15.0. The summed E-state index contributed by atoms with van der Waals surface area (Å²) < 4.78 is 0. The van der Waals surface area contributed by atoms with Crippen LogP contribution in [0.25, 0.3) is 0 Å². The molecule has 0 bridgehead atoms. The Morgan fingerprint density at radius 1 is 1.70 bits per heavy atom. The van der Waals surface area contributed by atoms with E-state index in [0.29, 0.717) is 6.04 Å². The molecule has 1 rings (SSSR count). The third-order valence-corrected chi connectivity index (χ3v) is 1.84. The minimum absolute atomic E-state index is 0.708. The summed E-state index contributed by atoms with van der Waals surface area (Å²) in [6.45, 7) is 4.47. The summed E-state index contributed by atoms with van der Waals surface area (Å²) in [7, 11) is 3.67. The summed E-state index contributed by atoms with van der Waals surface area (Å²) in [5, 5.41) is 8.71. The van der Waals surface area contributed by atoms with Crippen LogP contribution in [0, 0.1) is 7.05 Å². The monoisotopic (exact) mass is 143 g/mol. The fourth-order valence-electron chi connectivity index (χ4n) is 1.22. The molecule has 0 spiro atoms. The molecule has 1 fully saturated rings. The van der Waals surface area contributed by atoms with Crippen molar-refractivity contribution in [3.63, 3.8) is 0 Å². The van der Waals surface area contributed by atoms with Gasteiger partial charge in [-0.25, -0.2) is 0 Å². The molecule has 1 atom stereocenters. The number of quaternary nitrogens is 1. The zero-order chi connectivity index (χ0) is 7.23. The van der Waals surface area contributed by atoms with Crippen LogP contribution in [-0.2, 0) is 0 Å². The zero-order valence-corrected chi connectivity index (χ0v) is 6.40. The molecule has 1 saturated heterocycles. The van der Waals surface area contributed by atoms with Crippen LogP contribution in [0.5, 0.6) is 0 Å². The maximum Gasteiger partial charge on any atom is 0.0642 e. The molecule has 0 aromatic carbocycles. The number of hydrogen-bond donors (Lipinski definition) is 3. The Morgan fingerprint density at radius 3 is 3.20 bits per heavy atom. The van der Waals surface area contributed by atoms with Crippen molar-refractivity contribution in [1.82, 2.24) is 10.6 Å². The minimum Gasteiger partial charge on any atom is -0.478 e. The molecule has 1 aliphatic heterocycles. The number of nitrogens with one attached hydrogen (secondary N) is 2. The van der Waals surface area contributed by atoms with Gasteiger partial charge in [-0.15, -0.1) is 0 Å². The number of hydrogen-bond acceptors (Lipinski definition) is 2. The maximum atomic E-state index is 3.67. The number of nitrogens with two attached hydrogens (primary N) is 1. The van der Waals surface area contributed by atoms with Crippen LogP contribution in [0.15, 0.2) is 0 Å². The van der Waals surface area contributed by atoms with Crippen LogP contribution in [0.1, 0.15) is 6.42 Å². The molecule has 1 heterocycles. The van der Waals surface area contributed by atoms with E-state index in [4.69, 9.17) is 0 Å². The highest BCUT2D eigenvalue weighted by Gasteiger charge is 2.12. The van der Waals surface area contributed by atoms with E-state index < -0.39 is 0 Å². The Balaban J connectivity index is 1.91. The second kappa shape index (κ2) is 4.66. The van der Waals surface area contributed by atoms with E-state index in [0.717, 1.165) is 19.6 Å². The van der Waals surface area contributed by atoms with E-state index in [9.17, 15) is 0 Å². The van der Waals surface area contributed by atoms with E-state index in [2.05, 4.69) is 17.7 Å². The van der Waals surface area contributed by atoms with Crippen LogP contribution in [-0.4, -0.2) is 32.2 Å². The lowest BCUT2D eigenvalue weighted by Crippen LogP contribution is -2.78. The van der Waals surface area contributed by atoms with E-state index in [1.165, 1.54) is 13.0 Å². The molecule has 3 nitrogen and oxygen atoms in total. The van der Waals surface area contributed by atoms with Crippen molar-refractivity contribution in [1.29, 1.82) is 0 Å². The standard InChI is InChI=1S/C7H17N3/c1-8-4-5-10-7-2-3-9-6-7/h7,9-10H,1-6,8H2/t7-/m1/s1. The van der Waals surface area contributed by atoms with Crippen molar-refractivity contribution >= 4 is 0 Å². The zero-order valence-electron chi connectivity index (χ0n) is 6.40. The average Bonchev–Trinajstić information content (AvgIpc) is 2.41. The molecule has 10 heavy (non-hydrogen) atoms. The van der Waals surface area contributed by atoms with Crippen molar-refractivity contribution in [3.05, 3.63) is 7.05 Å². The molecule has 4 N–H and O–H groups in total. The predicted molar refractivity (Wildman–Crippen MR) is 41.4 cm³/mol. The van der Waals surface area contributed by atoms with Crippen LogP contribution in [0.2, 0.25) is 0 Å². The van der Waals surface area contributed by atoms with Crippen LogP contribution in [0.4, 0.5) is 0 Å². The quantitative estimate of drug-likeness (QED) is 0.324. The second-order valence-corrected chi connectivity index (χ2v) is 2.72. The molecule has 0 unspecified atom stereocenters. The fourth-order valence-corrected chi connectivity index (χ4v) is 1.22. The van der Waals surface area contributed by atoms with Gasteiger partial charge in [0.15, 0.2) is 0 Å². The van der Waals surface area contributed by atoms with Gasteiger partial charge in [-0.3, -0.25) is 0 Å². The number of rotatable bonds is 4. The van der Waals surface area contributed by atoms with Gasteiger partial charge in [-0.2, -0.15) is 7.05 Å². The van der Waals surface area contributed by atoms with Gasteiger partial charge >= 0.3 is 0 Å². The van der Waals surface area contributed by atoms with Crippen LogP contribution >= 0.6 is 0 Å². The first-order chi connectivity index (χ1) is 4.93. The topological polar surface area (TPSA) is 40.7 Å². The van der Waals surface area contributed by atoms with E-state index in [1.807, 2.05) is 5.32 Å². The molecule has 60 valence electrons. The predicted octanol–water partition coefficient (Wildman–Crippen LogP) is -1.71. The van der Waals surface area contributed by atoms with Gasteiger partial charge in [-0.05, 0) is 13.0 Å². The van der Waals surface area contributed by atoms with Crippen molar-refractivity contribution in [3.8, 4) is 0 Å². The molecule has 0 radical (unpaired) electrons. The van der Waals surface area contributed by atoms with Gasteiger partial charge in [-0.1, -0.05) is 0 Å². The summed E-state index contributed by atoms with van der Waals surface area (Å²) in [6.07, 6.45) is 1.27. The lowest BCUT2D eigenvalue weighted by molar-refractivity contribution is -0.593. The van der Waals surface area contributed by atoms with Gasteiger partial charge in [0.05, 0.1) is 6.54 Å². The molecule has 0 aliphatic carbocycles. The molecule has 3 heteroatoms. The highest BCUT2D eigenvalue weighted by Crippen LogP contribution is 1.94. The van der Waals surface area contributed by atoms with Gasteiger partial charge in [0.1, 0.15) is 0 Å². The van der Waals surface area contributed by atoms with Gasteiger partial charge in [0, 0.05) is 19.1 Å². The van der Waals surface area contributed by atoms with Gasteiger partial charge in [0.25, 0.3) is 0 Å². The van der Waals surface area contributed by atoms with Crippen molar-refractivity contribution < 1.29 is 5.32 Å². The van der Waals surface area contributed by atoms with E-state index in [1.54, 1.807) is 0 Å². The Bertz CT molecular complexity index is 78.9. The maximum absolute atomic E-state index is 3.67. The Kier molecular flexibility index (Phi) is 3.72. The van der Waals surface area contributed by atoms with Crippen molar-refractivity contribution in [2.24, 2.45) is 0 Å². The lowest BCUT2D eigenvalue weighted by Gasteiger charge is -2.09. The smallest absolute Gasteiger partial charge is 0.0642 e. The summed E-state index contributed by atoms with van der Waals surface area (Å²) in [5.41, 5.74) is 0. The first-order valence-electron chi connectivity index (χ1n) is 3.98. The van der Waals surface area contributed by atoms with Gasteiger partial charge < -0.3 is 16.0 Å². The summed E-state index contributed by atoms with van der Waals surface area (Å²) >= 11 is 0. The molecule has 0 saturated carbocycles. The van der Waals surface area contributed by atoms with Crippen molar-refractivity contribution in [2.45, 2.75) is 12.5 Å². The van der Waals surface area contributed by atoms with Crippen LogP contribution in [0.3, 0.4) is 0 Å². The Labute approximate surface area is 62.6 Å². The van der Waals surface area contributed by atoms with Crippen molar-refractivity contribution in [2.75, 3.05) is 26.2 Å². The van der Waals surface area contributed by atoms with E-state index in [-0.39, 0.29) is 0 Å². The molecule has 0 aromatic rings. The van der Waals surface area contributed by atoms with E-state index >= 15 is 0 Å². The highest BCUT2D eigenvalue weighted by molar-refractivity contribution is 4.76.